The number of primary amides is 1. The van der Waals surface area contributed by atoms with Gasteiger partial charge in [-0.05, 0) is 44.7 Å². The summed E-state index contributed by atoms with van der Waals surface area (Å²) in [5, 5.41) is 12.1. The molecule has 0 spiro atoms. The van der Waals surface area contributed by atoms with Crippen LogP contribution >= 0.6 is 0 Å². The molecule has 0 radical (unpaired) electrons. The number of carbonyl (C=O) groups excluding carboxylic acids is 1. The van der Waals surface area contributed by atoms with Crippen LogP contribution in [0.5, 0.6) is 0 Å². The van der Waals surface area contributed by atoms with Crippen molar-refractivity contribution in [3.05, 3.63) is 22.9 Å². The van der Waals surface area contributed by atoms with E-state index in [2.05, 4.69) is 16.4 Å². The number of nitrogens with one attached hydrogen (secondary N) is 1. The maximum absolute atomic E-state index is 11.3. The van der Waals surface area contributed by atoms with E-state index in [0.717, 1.165) is 30.5 Å². The molecule has 0 atom stereocenters. The summed E-state index contributed by atoms with van der Waals surface area (Å²) >= 11 is 0. The first-order chi connectivity index (χ1) is 8.44. The predicted molar refractivity (Wildman–Crippen MR) is 67.9 cm³/mol. The van der Waals surface area contributed by atoms with Gasteiger partial charge in [0, 0.05) is 5.69 Å². The van der Waals surface area contributed by atoms with Gasteiger partial charge < -0.3 is 11.1 Å². The van der Waals surface area contributed by atoms with Crippen LogP contribution in [0.15, 0.2) is 6.07 Å². The minimum Gasteiger partial charge on any atom is -0.368 e. The number of hydrogen-bond acceptors (Lipinski definition) is 4. The smallest absolute Gasteiger partial charge is 0.242 e. The number of hydrogen-bond donors (Lipinski definition) is 2. The van der Waals surface area contributed by atoms with Gasteiger partial charge in [0.15, 0.2) is 0 Å². The maximum atomic E-state index is 11.3. The first-order valence-corrected chi connectivity index (χ1v) is 5.95. The van der Waals surface area contributed by atoms with Gasteiger partial charge in [-0.25, -0.2) is 4.98 Å². The molecule has 3 N–H and O–H groups in total. The molecule has 1 aromatic rings. The minimum atomic E-state index is -0.925. The zero-order valence-electron chi connectivity index (χ0n) is 10.6. The number of pyridine rings is 1. The quantitative estimate of drug-likeness (QED) is 0.833. The Bertz CT molecular complexity index is 543. The molecule has 5 nitrogen and oxygen atoms in total. The van der Waals surface area contributed by atoms with Crippen molar-refractivity contribution in [2.75, 3.05) is 5.32 Å². The maximum Gasteiger partial charge on any atom is 0.242 e. The Morgan fingerprint density at radius 1 is 1.56 bits per heavy atom. The number of fused-ring (bicyclic) bond motifs is 1. The third kappa shape index (κ3) is 2.14. The van der Waals surface area contributed by atoms with E-state index in [1.54, 1.807) is 13.8 Å². The van der Waals surface area contributed by atoms with Crippen molar-refractivity contribution in [3.63, 3.8) is 0 Å². The average Bonchev–Trinajstić information content (AvgIpc) is 2.74. The van der Waals surface area contributed by atoms with Crippen molar-refractivity contribution in [1.29, 1.82) is 5.26 Å². The minimum absolute atomic E-state index is 0.446. The van der Waals surface area contributed by atoms with Crippen LogP contribution in [-0.4, -0.2) is 16.4 Å². The second-order valence-electron chi connectivity index (χ2n) is 5.07. The molecule has 1 aliphatic rings. The zero-order chi connectivity index (χ0) is 13.3. The topological polar surface area (TPSA) is 91.8 Å². The summed E-state index contributed by atoms with van der Waals surface area (Å²) < 4.78 is 0. The van der Waals surface area contributed by atoms with E-state index in [1.165, 1.54) is 0 Å². The SMILES string of the molecule is CC(C)(Nc1nc2c(cc1C#N)CCC2)C(N)=O. The van der Waals surface area contributed by atoms with Crippen molar-refractivity contribution in [2.24, 2.45) is 5.73 Å². The van der Waals surface area contributed by atoms with Crippen LogP contribution in [0.1, 0.15) is 37.1 Å². The van der Waals surface area contributed by atoms with Crippen LogP contribution < -0.4 is 11.1 Å². The molecule has 1 aliphatic carbocycles. The molecule has 0 unspecified atom stereocenters. The molecule has 1 amide bonds. The highest BCUT2D eigenvalue weighted by Gasteiger charge is 2.27. The summed E-state index contributed by atoms with van der Waals surface area (Å²) in [5.41, 5.74) is 6.99. The first-order valence-electron chi connectivity index (χ1n) is 5.95. The number of anilines is 1. The largest absolute Gasteiger partial charge is 0.368 e. The Kier molecular flexibility index (Phi) is 2.95. The molecule has 0 fully saturated rings. The fourth-order valence-corrected chi connectivity index (χ4v) is 2.01. The highest BCUT2D eigenvalue weighted by molar-refractivity contribution is 5.87. The van der Waals surface area contributed by atoms with Crippen molar-refractivity contribution in [1.82, 2.24) is 4.98 Å². The molecular formula is C13H16N4O. The Labute approximate surface area is 106 Å². The molecule has 0 bridgehead atoms. The van der Waals surface area contributed by atoms with E-state index < -0.39 is 11.4 Å². The number of nitrogens with zero attached hydrogens (tertiary/aromatic N) is 2. The van der Waals surface area contributed by atoms with Crippen LogP contribution in [0.4, 0.5) is 5.82 Å². The number of rotatable bonds is 3. The first kappa shape index (κ1) is 12.4. The lowest BCUT2D eigenvalue weighted by atomic mass is 10.0. The standard InChI is InChI=1S/C13H16N4O/c1-13(2,12(15)18)17-11-9(7-14)6-8-4-3-5-10(8)16-11/h6H,3-5H2,1-2H3,(H2,15,18)(H,16,17). The lowest BCUT2D eigenvalue weighted by molar-refractivity contribution is -0.121. The van der Waals surface area contributed by atoms with Gasteiger partial charge in [-0.1, -0.05) is 0 Å². The Hall–Kier alpha value is -2.09. The molecule has 94 valence electrons. The summed E-state index contributed by atoms with van der Waals surface area (Å²) in [5.74, 6) is -0.0318. The molecule has 0 aliphatic heterocycles. The summed E-state index contributed by atoms with van der Waals surface area (Å²) in [6, 6.07) is 3.97. The number of amides is 1. The van der Waals surface area contributed by atoms with Crippen LogP contribution in [0.3, 0.4) is 0 Å². The van der Waals surface area contributed by atoms with Gasteiger partial charge in [-0.2, -0.15) is 5.26 Å². The number of nitriles is 1. The number of carbonyl (C=O) groups is 1. The molecule has 1 heterocycles. The molecule has 2 rings (SSSR count). The summed E-state index contributed by atoms with van der Waals surface area (Å²) in [4.78, 5) is 15.8. The normalized spacial score (nSPS) is 13.8. The van der Waals surface area contributed by atoms with Crippen LogP contribution in [0, 0.1) is 11.3 Å². The van der Waals surface area contributed by atoms with E-state index in [1.807, 2.05) is 6.07 Å². The van der Waals surface area contributed by atoms with Crippen LogP contribution in [0.2, 0.25) is 0 Å². The fourth-order valence-electron chi connectivity index (χ4n) is 2.01. The van der Waals surface area contributed by atoms with Gasteiger partial charge in [0.2, 0.25) is 5.91 Å². The van der Waals surface area contributed by atoms with Gasteiger partial charge in [0.05, 0.1) is 5.56 Å². The highest BCUT2D eigenvalue weighted by Crippen LogP contribution is 2.26. The molecule has 0 aromatic carbocycles. The second kappa shape index (κ2) is 4.30. The molecule has 0 saturated carbocycles. The van der Waals surface area contributed by atoms with Gasteiger partial charge in [-0.15, -0.1) is 0 Å². The van der Waals surface area contributed by atoms with Gasteiger partial charge in [-0.3, -0.25) is 4.79 Å². The average molecular weight is 244 g/mol. The molecule has 18 heavy (non-hydrogen) atoms. The second-order valence-corrected chi connectivity index (χ2v) is 5.07. The number of aromatic nitrogens is 1. The van der Waals surface area contributed by atoms with E-state index in [4.69, 9.17) is 11.0 Å². The Morgan fingerprint density at radius 3 is 2.89 bits per heavy atom. The summed E-state index contributed by atoms with van der Waals surface area (Å²) in [6.07, 6.45) is 2.96. The lowest BCUT2D eigenvalue weighted by Gasteiger charge is -2.23. The molecule has 0 saturated heterocycles. The van der Waals surface area contributed by atoms with Crippen LogP contribution in [-0.2, 0) is 17.6 Å². The monoisotopic (exact) mass is 244 g/mol. The molecular weight excluding hydrogens is 228 g/mol. The Morgan fingerprint density at radius 2 is 2.28 bits per heavy atom. The fraction of sp³-hybridized carbons (Fsp3) is 0.462. The molecule has 5 heteroatoms. The van der Waals surface area contributed by atoms with Gasteiger partial charge in [0.1, 0.15) is 17.4 Å². The molecule has 1 aromatic heterocycles. The van der Waals surface area contributed by atoms with E-state index in [9.17, 15) is 4.79 Å². The zero-order valence-corrected chi connectivity index (χ0v) is 10.6. The van der Waals surface area contributed by atoms with E-state index in [0.29, 0.717) is 11.4 Å². The Balaban J connectivity index is 2.39. The summed E-state index contributed by atoms with van der Waals surface area (Å²) in [6.45, 7) is 3.34. The van der Waals surface area contributed by atoms with Crippen LogP contribution in [0.25, 0.3) is 0 Å². The van der Waals surface area contributed by atoms with Crippen molar-refractivity contribution in [3.8, 4) is 6.07 Å². The number of nitrogens with two attached hydrogens (primary N) is 1. The predicted octanol–water partition coefficient (Wildman–Crippen LogP) is 1.12. The van der Waals surface area contributed by atoms with E-state index in [-0.39, 0.29) is 0 Å². The third-order valence-corrected chi connectivity index (χ3v) is 3.22. The van der Waals surface area contributed by atoms with Gasteiger partial charge >= 0.3 is 0 Å². The third-order valence-electron chi connectivity index (χ3n) is 3.22. The van der Waals surface area contributed by atoms with Crippen molar-refractivity contribution < 1.29 is 4.79 Å². The van der Waals surface area contributed by atoms with Gasteiger partial charge in [0.25, 0.3) is 0 Å². The van der Waals surface area contributed by atoms with Crippen molar-refractivity contribution >= 4 is 11.7 Å². The summed E-state index contributed by atoms with van der Waals surface area (Å²) in [7, 11) is 0. The van der Waals surface area contributed by atoms with Crippen molar-refractivity contribution in [2.45, 2.75) is 38.6 Å². The lowest BCUT2D eigenvalue weighted by Crippen LogP contribution is -2.45. The highest BCUT2D eigenvalue weighted by atomic mass is 16.1. The van der Waals surface area contributed by atoms with E-state index >= 15 is 0 Å². The number of aryl methyl sites for hydroxylation is 2.